The molecule has 1 aromatic carbocycles. The summed E-state index contributed by atoms with van der Waals surface area (Å²) in [5.74, 6) is 0.813. The van der Waals surface area contributed by atoms with Crippen molar-refractivity contribution in [3.8, 4) is 17.1 Å². The van der Waals surface area contributed by atoms with E-state index in [2.05, 4.69) is 15.0 Å². The van der Waals surface area contributed by atoms with E-state index in [0.29, 0.717) is 17.4 Å². The second-order valence-electron chi connectivity index (χ2n) is 4.40. The smallest absolute Gasteiger partial charge is 0.311 e. The molecule has 0 bridgehead atoms. The first kappa shape index (κ1) is 13.9. The highest BCUT2D eigenvalue weighted by atomic mass is 16.5. The van der Waals surface area contributed by atoms with E-state index in [1.807, 2.05) is 25.1 Å². The molecule has 1 aromatic heterocycles. The molecule has 104 valence electrons. The average Bonchev–Trinajstić information content (AvgIpc) is 2.37. The van der Waals surface area contributed by atoms with E-state index in [1.54, 1.807) is 14.0 Å². The summed E-state index contributed by atoms with van der Waals surface area (Å²) in [6, 6.07) is 5.66. The standard InChI is InChI=1S/C14H15N3O3/c1-8-4-5-11(20-3)10(6-8)14-16-9(2)15-12(17-14)7-13(18)19/h4-6H,7H2,1-3H3,(H,18,19). The molecule has 6 nitrogen and oxygen atoms in total. The van der Waals surface area contributed by atoms with Crippen LogP contribution in [-0.2, 0) is 11.2 Å². The predicted molar refractivity (Wildman–Crippen MR) is 72.6 cm³/mol. The topological polar surface area (TPSA) is 85.2 Å². The number of benzene rings is 1. The van der Waals surface area contributed by atoms with Crippen molar-refractivity contribution < 1.29 is 14.6 Å². The van der Waals surface area contributed by atoms with Gasteiger partial charge in [0, 0.05) is 0 Å². The molecule has 0 fully saturated rings. The van der Waals surface area contributed by atoms with E-state index in [-0.39, 0.29) is 12.2 Å². The Morgan fingerprint density at radius 2 is 2.00 bits per heavy atom. The third-order valence-corrected chi connectivity index (χ3v) is 2.70. The molecular formula is C14H15N3O3. The Bertz CT molecular complexity index is 656. The van der Waals surface area contributed by atoms with E-state index in [1.165, 1.54) is 0 Å². The molecule has 2 rings (SSSR count). The van der Waals surface area contributed by atoms with Crippen LogP contribution in [0.25, 0.3) is 11.4 Å². The molecule has 0 saturated carbocycles. The molecule has 0 spiro atoms. The maximum Gasteiger partial charge on any atom is 0.311 e. The lowest BCUT2D eigenvalue weighted by Crippen LogP contribution is -2.08. The highest BCUT2D eigenvalue weighted by Crippen LogP contribution is 2.28. The second kappa shape index (κ2) is 5.64. The van der Waals surface area contributed by atoms with Gasteiger partial charge in [0.1, 0.15) is 23.8 Å². The number of aliphatic carboxylic acids is 1. The Balaban J connectivity index is 2.54. The molecule has 20 heavy (non-hydrogen) atoms. The first-order valence-corrected chi connectivity index (χ1v) is 6.08. The fourth-order valence-corrected chi connectivity index (χ4v) is 1.87. The molecule has 0 amide bonds. The van der Waals surface area contributed by atoms with Gasteiger partial charge < -0.3 is 9.84 Å². The van der Waals surface area contributed by atoms with Gasteiger partial charge in [-0.05, 0) is 26.0 Å². The molecule has 1 N–H and O–H groups in total. The zero-order valence-corrected chi connectivity index (χ0v) is 11.5. The normalized spacial score (nSPS) is 10.3. The van der Waals surface area contributed by atoms with Gasteiger partial charge in [0.05, 0.1) is 12.7 Å². The maximum absolute atomic E-state index is 10.8. The summed E-state index contributed by atoms with van der Waals surface area (Å²) in [5, 5.41) is 8.84. The van der Waals surface area contributed by atoms with Crippen molar-refractivity contribution in [2.75, 3.05) is 7.11 Å². The van der Waals surface area contributed by atoms with Crippen molar-refractivity contribution in [2.24, 2.45) is 0 Å². The number of carboxylic acid groups (broad SMARTS) is 1. The van der Waals surface area contributed by atoms with Crippen LogP contribution < -0.4 is 4.74 Å². The third kappa shape index (κ3) is 3.09. The van der Waals surface area contributed by atoms with Crippen molar-refractivity contribution in [3.63, 3.8) is 0 Å². The molecule has 0 saturated heterocycles. The first-order valence-electron chi connectivity index (χ1n) is 6.08. The van der Waals surface area contributed by atoms with Crippen LogP contribution in [0.2, 0.25) is 0 Å². The van der Waals surface area contributed by atoms with Gasteiger partial charge in [0.15, 0.2) is 5.82 Å². The number of carboxylic acids is 1. The van der Waals surface area contributed by atoms with Gasteiger partial charge in [-0.2, -0.15) is 0 Å². The maximum atomic E-state index is 10.8. The van der Waals surface area contributed by atoms with Crippen LogP contribution in [0.1, 0.15) is 17.2 Å². The Kier molecular flexibility index (Phi) is 3.93. The number of nitrogens with zero attached hydrogens (tertiary/aromatic N) is 3. The average molecular weight is 273 g/mol. The van der Waals surface area contributed by atoms with E-state index in [0.717, 1.165) is 11.1 Å². The summed E-state index contributed by atoms with van der Waals surface area (Å²) in [5.41, 5.74) is 1.77. The number of methoxy groups -OCH3 is 1. The third-order valence-electron chi connectivity index (χ3n) is 2.70. The minimum Gasteiger partial charge on any atom is -0.496 e. The van der Waals surface area contributed by atoms with Crippen LogP contribution >= 0.6 is 0 Å². The summed E-state index contributed by atoms with van der Waals surface area (Å²) in [6.45, 7) is 3.66. The van der Waals surface area contributed by atoms with Crippen LogP contribution in [0.15, 0.2) is 18.2 Å². The summed E-state index contributed by atoms with van der Waals surface area (Å²) in [4.78, 5) is 23.3. The zero-order valence-electron chi connectivity index (χ0n) is 11.5. The predicted octanol–water partition coefficient (Wildman–Crippen LogP) is 1.79. The van der Waals surface area contributed by atoms with E-state index in [4.69, 9.17) is 9.84 Å². The van der Waals surface area contributed by atoms with Gasteiger partial charge in [0.25, 0.3) is 0 Å². The molecule has 6 heteroatoms. The van der Waals surface area contributed by atoms with E-state index in [9.17, 15) is 4.79 Å². The van der Waals surface area contributed by atoms with Crippen LogP contribution in [0.4, 0.5) is 0 Å². The molecule has 0 atom stereocenters. The van der Waals surface area contributed by atoms with Crippen molar-refractivity contribution in [3.05, 3.63) is 35.4 Å². The van der Waals surface area contributed by atoms with E-state index < -0.39 is 5.97 Å². The molecule has 0 aliphatic carbocycles. The van der Waals surface area contributed by atoms with E-state index >= 15 is 0 Å². The summed E-state index contributed by atoms with van der Waals surface area (Å²) in [6.07, 6.45) is -0.232. The molecule has 0 unspecified atom stereocenters. The van der Waals surface area contributed by atoms with Crippen molar-refractivity contribution in [1.82, 2.24) is 15.0 Å². The number of aromatic nitrogens is 3. The summed E-state index contributed by atoms with van der Waals surface area (Å²) < 4.78 is 5.30. The lowest BCUT2D eigenvalue weighted by molar-refractivity contribution is -0.136. The Morgan fingerprint density at radius 3 is 2.65 bits per heavy atom. The lowest BCUT2D eigenvalue weighted by Gasteiger charge is -2.09. The van der Waals surface area contributed by atoms with Crippen molar-refractivity contribution in [1.29, 1.82) is 0 Å². The highest BCUT2D eigenvalue weighted by molar-refractivity contribution is 5.70. The SMILES string of the molecule is COc1ccc(C)cc1-c1nc(C)nc(CC(=O)O)n1. The minimum atomic E-state index is -0.974. The quantitative estimate of drug-likeness (QED) is 0.914. The van der Waals surface area contributed by atoms with Gasteiger partial charge in [0.2, 0.25) is 0 Å². The zero-order chi connectivity index (χ0) is 14.7. The van der Waals surface area contributed by atoms with Gasteiger partial charge in [-0.3, -0.25) is 4.79 Å². The summed E-state index contributed by atoms with van der Waals surface area (Å²) in [7, 11) is 1.57. The second-order valence-corrected chi connectivity index (χ2v) is 4.40. The van der Waals surface area contributed by atoms with Gasteiger partial charge >= 0.3 is 5.97 Å². The van der Waals surface area contributed by atoms with Crippen LogP contribution in [0, 0.1) is 13.8 Å². The fourth-order valence-electron chi connectivity index (χ4n) is 1.87. The molecule has 0 radical (unpaired) electrons. The fraction of sp³-hybridized carbons (Fsp3) is 0.286. The number of rotatable bonds is 4. The molecule has 2 aromatic rings. The number of carbonyl (C=O) groups is 1. The largest absolute Gasteiger partial charge is 0.496 e. The Hall–Kier alpha value is -2.50. The van der Waals surface area contributed by atoms with Crippen LogP contribution in [-0.4, -0.2) is 33.1 Å². The summed E-state index contributed by atoms with van der Waals surface area (Å²) >= 11 is 0. The molecule has 0 aliphatic heterocycles. The van der Waals surface area contributed by atoms with Gasteiger partial charge in [-0.15, -0.1) is 0 Å². The lowest BCUT2D eigenvalue weighted by atomic mass is 10.1. The highest BCUT2D eigenvalue weighted by Gasteiger charge is 2.13. The number of hydrogen-bond acceptors (Lipinski definition) is 5. The number of aryl methyl sites for hydroxylation is 2. The van der Waals surface area contributed by atoms with Crippen LogP contribution in [0.3, 0.4) is 0 Å². The monoisotopic (exact) mass is 273 g/mol. The van der Waals surface area contributed by atoms with Crippen LogP contribution in [0.5, 0.6) is 5.75 Å². The Labute approximate surface area is 116 Å². The van der Waals surface area contributed by atoms with Gasteiger partial charge in [-0.1, -0.05) is 11.6 Å². The molecule has 1 heterocycles. The first-order chi connectivity index (χ1) is 9.49. The Morgan fingerprint density at radius 1 is 1.25 bits per heavy atom. The van der Waals surface area contributed by atoms with Crippen molar-refractivity contribution >= 4 is 5.97 Å². The van der Waals surface area contributed by atoms with Gasteiger partial charge in [-0.25, -0.2) is 15.0 Å². The number of ether oxygens (including phenoxy) is 1. The minimum absolute atomic E-state index is 0.232. The van der Waals surface area contributed by atoms with Crippen molar-refractivity contribution in [2.45, 2.75) is 20.3 Å². The molecular weight excluding hydrogens is 258 g/mol. The molecule has 0 aliphatic rings. The number of hydrogen-bond donors (Lipinski definition) is 1.